The number of nitro groups is 1. The Morgan fingerprint density at radius 3 is 2.48 bits per heavy atom. The summed E-state index contributed by atoms with van der Waals surface area (Å²) < 4.78 is 32.7. The van der Waals surface area contributed by atoms with Crippen LogP contribution in [0.5, 0.6) is 5.75 Å². The minimum Gasteiger partial charge on any atom is -0.484 e. The zero-order chi connectivity index (χ0) is 22.6. The van der Waals surface area contributed by atoms with E-state index in [0.29, 0.717) is 34.2 Å². The predicted octanol–water partition coefficient (Wildman–Crippen LogP) is 3.25. The van der Waals surface area contributed by atoms with Crippen molar-refractivity contribution in [3.05, 3.63) is 52.6 Å². The van der Waals surface area contributed by atoms with Gasteiger partial charge in [0.25, 0.3) is 11.6 Å². The largest absolute Gasteiger partial charge is 0.484 e. The number of nitrogens with one attached hydrogen (secondary N) is 1. The number of hydrogen-bond donors (Lipinski definition) is 1. The van der Waals surface area contributed by atoms with Gasteiger partial charge in [-0.05, 0) is 30.3 Å². The molecule has 1 amide bonds. The topological polar surface area (TPSA) is 132 Å². The lowest BCUT2D eigenvalue weighted by molar-refractivity contribution is -0.384. The van der Waals surface area contributed by atoms with Gasteiger partial charge in [-0.15, -0.1) is 0 Å². The Kier molecular flexibility index (Phi) is 6.83. The van der Waals surface area contributed by atoms with Crippen LogP contribution in [0, 0.1) is 10.1 Å². The second kappa shape index (κ2) is 9.37. The molecule has 164 valence electrons. The van der Waals surface area contributed by atoms with Crippen molar-refractivity contribution in [2.75, 3.05) is 25.0 Å². The number of aromatic nitrogens is 1. The van der Waals surface area contributed by atoms with E-state index in [2.05, 4.69) is 10.3 Å². The van der Waals surface area contributed by atoms with Gasteiger partial charge in [0.1, 0.15) is 5.75 Å². The molecular formula is C19H20N4O6S2. The summed E-state index contributed by atoms with van der Waals surface area (Å²) in [4.78, 5) is 26.7. The van der Waals surface area contributed by atoms with Crippen molar-refractivity contribution in [1.82, 2.24) is 9.29 Å². The monoisotopic (exact) mass is 464 g/mol. The van der Waals surface area contributed by atoms with Crippen molar-refractivity contribution in [2.24, 2.45) is 0 Å². The number of carbonyl (C=O) groups is 1. The molecule has 0 atom stereocenters. The molecule has 10 nitrogen and oxygen atoms in total. The maximum atomic E-state index is 12.7. The van der Waals surface area contributed by atoms with Crippen LogP contribution in [0.3, 0.4) is 0 Å². The molecule has 1 aromatic heterocycles. The normalized spacial score (nSPS) is 11.6. The molecule has 0 radical (unpaired) electrons. The number of nitrogens with zero attached hydrogens (tertiary/aromatic N) is 3. The fourth-order valence-electron chi connectivity index (χ4n) is 2.80. The molecule has 3 rings (SSSR count). The summed E-state index contributed by atoms with van der Waals surface area (Å²) in [6.45, 7) is 3.98. The van der Waals surface area contributed by atoms with E-state index < -0.39 is 20.9 Å². The van der Waals surface area contributed by atoms with Crippen LogP contribution in [0.25, 0.3) is 10.2 Å². The number of fused-ring (bicyclic) bond motifs is 1. The predicted molar refractivity (Wildman–Crippen MR) is 117 cm³/mol. The summed E-state index contributed by atoms with van der Waals surface area (Å²) in [7, 11) is -3.59. The molecule has 3 aromatic rings. The molecule has 0 aliphatic rings. The van der Waals surface area contributed by atoms with Gasteiger partial charge in [-0.3, -0.25) is 20.2 Å². The maximum Gasteiger partial charge on any atom is 0.269 e. The molecule has 31 heavy (non-hydrogen) atoms. The number of hydrogen-bond acceptors (Lipinski definition) is 8. The average molecular weight is 465 g/mol. The Hall–Kier alpha value is -3.09. The number of nitro benzene ring substituents is 1. The van der Waals surface area contributed by atoms with E-state index in [1.807, 2.05) is 0 Å². The van der Waals surface area contributed by atoms with Crippen molar-refractivity contribution in [2.45, 2.75) is 18.7 Å². The van der Waals surface area contributed by atoms with Crippen LogP contribution in [0.1, 0.15) is 13.8 Å². The molecule has 0 aliphatic heterocycles. The number of anilines is 1. The lowest BCUT2D eigenvalue weighted by atomic mass is 10.3. The van der Waals surface area contributed by atoms with Gasteiger partial charge in [0.15, 0.2) is 11.7 Å². The smallest absolute Gasteiger partial charge is 0.269 e. The van der Waals surface area contributed by atoms with Crippen LogP contribution >= 0.6 is 11.3 Å². The number of carbonyl (C=O) groups excluding carboxylic acids is 1. The van der Waals surface area contributed by atoms with Gasteiger partial charge in [0.2, 0.25) is 10.0 Å². The Labute approximate surface area is 182 Å². The van der Waals surface area contributed by atoms with Crippen molar-refractivity contribution in [3.63, 3.8) is 0 Å². The van der Waals surface area contributed by atoms with Crippen LogP contribution in [-0.2, 0) is 14.8 Å². The first-order valence-electron chi connectivity index (χ1n) is 9.32. The lowest BCUT2D eigenvalue weighted by Crippen LogP contribution is -2.30. The van der Waals surface area contributed by atoms with Gasteiger partial charge in [-0.2, -0.15) is 4.31 Å². The van der Waals surface area contributed by atoms with Gasteiger partial charge in [-0.1, -0.05) is 25.2 Å². The van der Waals surface area contributed by atoms with Crippen LogP contribution in [0.2, 0.25) is 0 Å². The minimum absolute atomic E-state index is 0.0753. The zero-order valence-corrected chi connectivity index (χ0v) is 18.4. The van der Waals surface area contributed by atoms with Crippen LogP contribution in [0.4, 0.5) is 10.8 Å². The number of thiazole rings is 1. The van der Waals surface area contributed by atoms with Gasteiger partial charge in [-0.25, -0.2) is 13.4 Å². The van der Waals surface area contributed by atoms with Gasteiger partial charge < -0.3 is 4.74 Å². The molecule has 1 heterocycles. The van der Waals surface area contributed by atoms with E-state index in [9.17, 15) is 23.3 Å². The first-order chi connectivity index (χ1) is 14.7. The minimum atomic E-state index is -3.59. The average Bonchev–Trinajstić information content (AvgIpc) is 3.14. The molecular weight excluding hydrogens is 444 g/mol. The summed E-state index contributed by atoms with van der Waals surface area (Å²) in [5.74, 6) is -0.148. The number of rotatable bonds is 9. The molecule has 12 heteroatoms. The first-order valence-corrected chi connectivity index (χ1v) is 11.6. The van der Waals surface area contributed by atoms with E-state index in [-0.39, 0.29) is 17.2 Å². The SMILES string of the molecule is CCN(CC)S(=O)(=O)c1ccc2nc(NC(=O)COc3ccc([N+](=O)[O-])cc3)sc2c1. The van der Waals surface area contributed by atoms with Crippen LogP contribution in [-0.4, -0.2) is 48.2 Å². The zero-order valence-electron chi connectivity index (χ0n) is 16.8. The third-order valence-corrected chi connectivity index (χ3v) is 7.35. The quantitative estimate of drug-likeness (QED) is 0.380. The van der Waals surface area contributed by atoms with E-state index in [1.54, 1.807) is 26.0 Å². The van der Waals surface area contributed by atoms with Gasteiger partial charge in [0.05, 0.1) is 20.0 Å². The third-order valence-electron chi connectivity index (χ3n) is 4.37. The van der Waals surface area contributed by atoms with Crippen molar-refractivity contribution in [1.29, 1.82) is 0 Å². The first kappa shape index (κ1) is 22.6. The molecule has 0 saturated carbocycles. The Bertz CT molecular complexity index is 1200. The number of sulfonamides is 1. The maximum absolute atomic E-state index is 12.7. The highest BCUT2D eigenvalue weighted by Gasteiger charge is 2.22. The molecule has 0 fully saturated rings. The number of non-ortho nitro benzene ring substituents is 1. The van der Waals surface area contributed by atoms with Crippen molar-refractivity contribution in [3.8, 4) is 5.75 Å². The summed E-state index contributed by atoms with van der Waals surface area (Å²) in [6, 6.07) is 10.0. The van der Waals surface area contributed by atoms with Crippen molar-refractivity contribution >= 4 is 48.3 Å². The van der Waals surface area contributed by atoms with E-state index in [1.165, 1.54) is 34.6 Å². The van der Waals surface area contributed by atoms with Crippen molar-refractivity contribution < 1.29 is 22.9 Å². The lowest BCUT2D eigenvalue weighted by Gasteiger charge is -2.18. The fourth-order valence-corrected chi connectivity index (χ4v) is 5.28. The van der Waals surface area contributed by atoms with Crippen LogP contribution in [0.15, 0.2) is 47.4 Å². The molecule has 1 N–H and O–H groups in total. The highest BCUT2D eigenvalue weighted by atomic mass is 32.2. The number of benzene rings is 2. The highest BCUT2D eigenvalue weighted by Crippen LogP contribution is 2.29. The van der Waals surface area contributed by atoms with E-state index >= 15 is 0 Å². The molecule has 0 bridgehead atoms. The summed E-state index contributed by atoms with van der Waals surface area (Å²) >= 11 is 1.15. The number of amides is 1. The standard InChI is InChI=1S/C19H20N4O6S2/c1-3-22(4-2)31(27,28)15-9-10-16-17(11-15)30-19(20-16)21-18(24)12-29-14-7-5-13(6-8-14)23(25)26/h5-11H,3-4,12H2,1-2H3,(H,20,21,24). The highest BCUT2D eigenvalue weighted by molar-refractivity contribution is 7.89. The Balaban J connectivity index is 1.68. The summed E-state index contributed by atoms with van der Waals surface area (Å²) in [5, 5.41) is 13.6. The molecule has 0 saturated heterocycles. The van der Waals surface area contributed by atoms with Crippen LogP contribution < -0.4 is 10.1 Å². The Morgan fingerprint density at radius 2 is 1.87 bits per heavy atom. The Morgan fingerprint density at radius 1 is 1.19 bits per heavy atom. The molecule has 0 aliphatic carbocycles. The van der Waals surface area contributed by atoms with Gasteiger partial charge >= 0.3 is 0 Å². The van der Waals surface area contributed by atoms with Gasteiger partial charge in [0, 0.05) is 25.2 Å². The van der Waals surface area contributed by atoms with E-state index in [0.717, 1.165) is 11.3 Å². The molecule has 0 unspecified atom stereocenters. The fraction of sp³-hybridized carbons (Fsp3) is 0.263. The summed E-state index contributed by atoms with van der Waals surface area (Å²) in [6.07, 6.45) is 0. The second-order valence-corrected chi connectivity index (χ2v) is 9.29. The summed E-state index contributed by atoms with van der Waals surface area (Å²) in [5.41, 5.74) is 0.490. The third kappa shape index (κ3) is 5.16. The molecule has 2 aromatic carbocycles. The molecule has 0 spiro atoms. The van der Waals surface area contributed by atoms with E-state index in [4.69, 9.17) is 4.74 Å². The second-order valence-electron chi connectivity index (χ2n) is 6.33. The number of ether oxygens (including phenoxy) is 1.